The number of rotatable bonds is 3. The lowest BCUT2D eigenvalue weighted by Crippen LogP contribution is -2.28. The Morgan fingerprint density at radius 1 is 1.53 bits per heavy atom. The van der Waals surface area contributed by atoms with Crippen molar-refractivity contribution < 1.29 is 13.5 Å². The third-order valence-corrected chi connectivity index (χ3v) is 4.92. The van der Waals surface area contributed by atoms with Crippen molar-refractivity contribution in [2.45, 2.75) is 45.8 Å². The summed E-state index contributed by atoms with van der Waals surface area (Å²) >= 11 is 0. The van der Waals surface area contributed by atoms with Crippen molar-refractivity contribution in [2.24, 2.45) is 5.41 Å². The van der Waals surface area contributed by atoms with E-state index in [1.165, 1.54) is 6.26 Å². The SMILES string of the molecule is CC(CS(C)(=O)=O)n1ccc2c1CC(C)(C)CC2O. The lowest BCUT2D eigenvalue weighted by atomic mass is 9.75. The second-order valence-corrected chi connectivity index (χ2v) is 8.81. The summed E-state index contributed by atoms with van der Waals surface area (Å²) in [6.07, 6.45) is 4.36. The van der Waals surface area contributed by atoms with Crippen molar-refractivity contribution >= 4 is 9.84 Å². The molecule has 0 radical (unpaired) electrons. The molecule has 1 aromatic heterocycles. The van der Waals surface area contributed by atoms with Crippen LogP contribution >= 0.6 is 0 Å². The third-order valence-electron chi connectivity index (χ3n) is 3.83. The summed E-state index contributed by atoms with van der Waals surface area (Å²) in [6.45, 7) is 6.19. The minimum Gasteiger partial charge on any atom is -0.388 e. The predicted octanol–water partition coefficient (Wildman–Crippen LogP) is 2.10. The Bertz CT molecular complexity index is 572. The lowest BCUT2D eigenvalue weighted by molar-refractivity contribution is 0.0977. The molecule has 0 saturated carbocycles. The van der Waals surface area contributed by atoms with Gasteiger partial charge < -0.3 is 9.67 Å². The van der Waals surface area contributed by atoms with Gasteiger partial charge in [-0.3, -0.25) is 0 Å². The number of fused-ring (bicyclic) bond motifs is 1. The molecule has 0 bridgehead atoms. The Labute approximate surface area is 115 Å². The first-order chi connectivity index (χ1) is 8.59. The van der Waals surface area contributed by atoms with Crippen LogP contribution in [-0.2, 0) is 16.3 Å². The Kier molecular flexibility index (Phi) is 3.56. The molecule has 108 valence electrons. The number of sulfone groups is 1. The first-order valence-electron chi connectivity index (χ1n) is 6.64. The molecule has 2 rings (SSSR count). The molecule has 1 heterocycles. The summed E-state index contributed by atoms with van der Waals surface area (Å²) in [5.74, 6) is 0.130. The fourth-order valence-corrected chi connectivity index (χ4v) is 4.12. The molecule has 2 unspecified atom stereocenters. The molecule has 1 aliphatic rings. The first-order valence-corrected chi connectivity index (χ1v) is 8.70. The van der Waals surface area contributed by atoms with Crippen LogP contribution in [0.25, 0.3) is 0 Å². The fraction of sp³-hybridized carbons (Fsp3) is 0.714. The second-order valence-electron chi connectivity index (χ2n) is 6.63. The van der Waals surface area contributed by atoms with E-state index >= 15 is 0 Å². The van der Waals surface area contributed by atoms with Crippen LogP contribution in [0, 0.1) is 5.41 Å². The van der Waals surface area contributed by atoms with E-state index in [-0.39, 0.29) is 17.2 Å². The molecule has 1 aliphatic carbocycles. The Hall–Kier alpha value is -0.810. The molecule has 0 amide bonds. The van der Waals surface area contributed by atoms with Gasteiger partial charge >= 0.3 is 0 Å². The van der Waals surface area contributed by atoms with E-state index < -0.39 is 15.9 Å². The van der Waals surface area contributed by atoms with Gasteiger partial charge in [0.05, 0.1) is 11.9 Å². The fourth-order valence-electron chi connectivity index (χ4n) is 3.08. The standard InChI is InChI=1S/C14H23NO3S/c1-10(9-19(4,17)18)15-6-5-11-12(15)7-14(2,3)8-13(11)16/h5-6,10,13,16H,7-9H2,1-4H3. The third kappa shape index (κ3) is 3.20. The van der Waals surface area contributed by atoms with E-state index in [0.717, 1.165) is 24.1 Å². The van der Waals surface area contributed by atoms with Crippen LogP contribution in [0.15, 0.2) is 12.3 Å². The van der Waals surface area contributed by atoms with Gasteiger partial charge in [-0.15, -0.1) is 0 Å². The van der Waals surface area contributed by atoms with Crippen molar-refractivity contribution in [1.29, 1.82) is 0 Å². The lowest BCUT2D eigenvalue weighted by Gasteiger charge is -2.34. The highest BCUT2D eigenvalue weighted by Crippen LogP contribution is 2.41. The largest absolute Gasteiger partial charge is 0.388 e. The predicted molar refractivity (Wildman–Crippen MR) is 75.9 cm³/mol. The van der Waals surface area contributed by atoms with Crippen LogP contribution < -0.4 is 0 Å². The summed E-state index contributed by atoms with van der Waals surface area (Å²) < 4.78 is 24.9. The molecule has 19 heavy (non-hydrogen) atoms. The quantitative estimate of drug-likeness (QED) is 0.925. The van der Waals surface area contributed by atoms with Crippen LogP contribution in [0.3, 0.4) is 0 Å². The molecule has 0 saturated heterocycles. The van der Waals surface area contributed by atoms with E-state index in [4.69, 9.17) is 0 Å². The zero-order chi connectivity index (χ0) is 14.4. The van der Waals surface area contributed by atoms with E-state index in [1.54, 1.807) is 0 Å². The number of aliphatic hydroxyl groups is 1. The molecule has 1 aromatic rings. The summed E-state index contributed by atoms with van der Waals surface area (Å²) in [5, 5.41) is 10.2. The molecule has 0 fully saturated rings. The van der Waals surface area contributed by atoms with Gasteiger partial charge in [-0.1, -0.05) is 13.8 Å². The van der Waals surface area contributed by atoms with Gasteiger partial charge in [-0.05, 0) is 31.2 Å². The van der Waals surface area contributed by atoms with Gasteiger partial charge in [0.15, 0.2) is 0 Å². The van der Waals surface area contributed by atoms with Gasteiger partial charge in [-0.25, -0.2) is 8.42 Å². The molecule has 5 heteroatoms. The van der Waals surface area contributed by atoms with Gasteiger partial charge in [-0.2, -0.15) is 0 Å². The Balaban J connectivity index is 2.35. The molecule has 0 aromatic carbocycles. The molecule has 0 aliphatic heterocycles. The summed E-state index contributed by atoms with van der Waals surface area (Å²) in [5.41, 5.74) is 2.09. The Morgan fingerprint density at radius 3 is 2.74 bits per heavy atom. The summed E-state index contributed by atoms with van der Waals surface area (Å²) in [6, 6.07) is 1.83. The number of hydrogen-bond acceptors (Lipinski definition) is 3. The molecule has 2 atom stereocenters. The highest BCUT2D eigenvalue weighted by atomic mass is 32.2. The van der Waals surface area contributed by atoms with Crippen molar-refractivity contribution in [2.75, 3.05) is 12.0 Å². The summed E-state index contributed by atoms with van der Waals surface area (Å²) in [4.78, 5) is 0. The summed E-state index contributed by atoms with van der Waals surface area (Å²) in [7, 11) is -3.00. The Morgan fingerprint density at radius 2 is 2.16 bits per heavy atom. The normalized spacial score (nSPS) is 23.9. The maximum atomic E-state index is 11.4. The number of aromatic nitrogens is 1. The minimum atomic E-state index is -3.00. The average molecular weight is 285 g/mol. The zero-order valence-corrected chi connectivity index (χ0v) is 12.9. The van der Waals surface area contributed by atoms with Crippen molar-refractivity contribution in [3.8, 4) is 0 Å². The van der Waals surface area contributed by atoms with Crippen LogP contribution in [0.1, 0.15) is 50.6 Å². The zero-order valence-electron chi connectivity index (χ0n) is 12.0. The van der Waals surface area contributed by atoms with Gasteiger partial charge in [0.1, 0.15) is 9.84 Å². The monoisotopic (exact) mass is 285 g/mol. The highest BCUT2D eigenvalue weighted by Gasteiger charge is 2.34. The van der Waals surface area contributed by atoms with Crippen molar-refractivity contribution in [3.05, 3.63) is 23.5 Å². The van der Waals surface area contributed by atoms with Crippen LogP contribution in [0.4, 0.5) is 0 Å². The van der Waals surface area contributed by atoms with Crippen LogP contribution in [0.5, 0.6) is 0 Å². The van der Waals surface area contributed by atoms with Crippen LogP contribution in [0.2, 0.25) is 0 Å². The van der Waals surface area contributed by atoms with Gasteiger partial charge in [0, 0.05) is 29.8 Å². The average Bonchev–Trinajstić information content (AvgIpc) is 2.56. The van der Waals surface area contributed by atoms with Gasteiger partial charge in [0.25, 0.3) is 0 Å². The van der Waals surface area contributed by atoms with E-state index in [0.29, 0.717) is 0 Å². The van der Waals surface area contributed by atoms with E-state index in [9.17, 15) is 13.5 Å². The number of hydrogen-bond donors (Lipinski definition) is 1. The molecule has 0 spiro atoms. The smallest absolute Gasteiger partial charge is 0.149 e. The molecular weight excluding hydrogens is 262 g/mol. The molecular formula is C14H23NO3S. The molecule has 4 nitrogen and oxygen atoms in total. The number of nitrogens with zero attached hydrogens (tertiary/aromatic N) is 1. The van der Waals surface area contributed by atoms with Crippen molar-refractivity contribution in [1.82, 2.24) is 4.57 Å². The maximum absolute atomic E-state index is 11.4. The second kappa shape index (κ2) is 4.63. The van der Waals surface area contributed by atoms with Crippen LogP contribution in [-0.4, -0.2) is 30.1 Å². The van der Waals surface area contributed by atoms with E-state index in [2.05, 4.69) is 13.8 Å². The van der Waals surface area contributed by atoms with E-state index in [1.807, 2.05) is 23.8 Å². The first kappa shape index (κ1) is 14.6. The minimum absolute atomic E-state index is 0.0489. The number of aliphatic hydroxyl groups excluding tert-OH is 1. The van der Waals surface area contributed by atoms with Gasteiger partial charge in [0.2, 0.25) is 0 Å². The highest BCUT2D eigenvalue weighted by molar-refractivity contribution is 7.90. The van der Waals surface area contributed by atoms with Crippen molar-refractivity contribution in [3.63, 3.8) is 0 Å². The molecule has 1 N–H and O–H groups in total. The maximum Gasteiger partial charge on any atom is 0.149 e. The topological polar surface area (TPSA) is 59.3 Å².